The first-order chi connectivity index (χ1) is 10.3. The van der Waals surface area contributed by atoms with Crippen molar-refractivity contribution in [3.05, 3.63) is 72.0 Å². The molecule has 0 fully saturated rings. The molecular weight excluding hydrogens is 280 g/mol. The van der Waals surface area contributed by atoms with Crippen LogP contribution in [0.1, 0.15) is 16.1 Å². The first kappa shape index (κ1) is 13.7. The van der Waals surface area contributed by atoms with Gasteiger partial charge in [0, 0.05) is 16.5 Å². The van der Waals surface area contributed by atoms with E-state index >= 15 is 0 Å². The Balaban J connectivity index is 2.06. The summed E-state index contributed by atoms with van der Waals surface area (Å²) in [4.78, 5) is 13.1. The van der Waals surface area contributed by atoms with Crippen molar-refractivity contribution in [2.45, 2.75) is 16.7 Å². The molecule has 0 radical (unpaired) electrons. The molecule has 0 bridgehead atoms. The molecule has 0 amide bonds. The van der Waals surface area contributed by atoms with E-state index in [1.165, 1.54) is 0 Å². The zero-order valence-electron chi connectivity index (χ0n) is 11.6. The number of rotatable bonds is 4. The molecule has 0 aliphatic rings. The Morgan fingerprint density at radius 2 is 1.71 bits per heavy atom. The minimum atomic E-state index is 0.353. The summed E-state index contributed by atoms with van der Waals surface area (Å²) in [6.45, 7) is 2.04. The van der Waals surface area contributed by atoms with Gasteiger partial charge in [-0.1, -0.05) is 54.2 Å². The summed E-state index contributed by atoms with van der Waals surface area (Å²) in [6.07, 6.45) is 0.747. The average molecular weight is 294 g/mol. The molecule has 0 N–H and O–H groups in total. The smallest absolute Gasteiger partial charge is 0.185 e. The summed E-state index contributed by atoms with van der Waals surface area (Å²) in [7, 11) is 0. The fourth-order valence-corrected chi connectivity index (χ4v) is 3.12. The SMILES string of the molecule is Cc1ccccc1-c1oc(C=O)cc1Sc1ccccc1. The summed E-state index contributed by atoms with van der Waals surface area (Å²) in [5.74, 6) is 1.11. The second kappa shape index (κ2) is 6.02. The van der Waals surface area contributed by atoms with Gasteiger partial charge >= 0.3 is 0 Å². The van der Waals surface area contributed by atoms with Crippen molar-refractivity contribution in [2.75, 3.05) is 0 Å². The highest BCUT2D eigenvalue weighted by atomic mass is 32.2. The van der Waals surface area contributed by atoms with E-state index in [1.807, 2.05) is 61.5 Å². The molecule has 3 rings (SSSR count). The van der Waals surface area contributed by atoms with E-state index < -0.39 is 0 Å². The number of carbonyl (C=O) groups excluding carboxylic acids is 1. The van der Waals surface area contributed by atoms with E-state index in [9.17, 15) is 4.79 Å². The second-order valence-electron chi connectivity index (χ2n) is 4.69. The Bertz CT molecular complexity index is 760. The Kier molecular flexibility index (Phi) is 3.93. The molecule has 21 heavy (non-hydrogen) atoms. The standard InChI is InChI=1S/C18H14O2S/c1-13-7-5-6-10-16(13)18-17(11-14(12-19)20-18)21-15-8-3-2-4-9-15/h2-12H,1H3. The fourth-order valence-electron chi connectivity index (χ4n) is 2.16. The molecule has 0 atom stereocenters. The van der Waals surface area contributed by atoms with Crippen LogP contribution in [0.15, 0.2) is 74.9 Å². The van der Waals surface area contributed by atoms with Gasteiger partial charge in [-0.15, -0.1) is 0 Å². The van der Waals surface area contributed by atoms with Crippen LogP contribution in [-0.2, 0) is 0 Å². The lowest BCUT2D eigenvalue weighted by atomic mass is 10.1. The maximum Gasteiger partial charge on any atom is 0.185 e. The van der Waals surface area contributed by atoms with Crippen LogP contribution in [-0.4, -0.2) is 6.29 Å². The van der Waals surface area contributed by atoms with E-state index in [2.05, 4.69) is 0 Å². The van der Waals surface area contributed by atoms with Gasteiger partial charge in [-0.2, -0.15) is 0 Å². The van der Waals surface area contributed by atoms with Crippen molar-refractivity contribution in [3.8, 4) is 11.3 Å². The predicted molar refractivity (Wildman–Crippen MR) is 84.8 cm³/mol. The van der Waals surface area contributed by atoms with E-state index in [0.29, 0.717) is 5.76 Å². The Morgan fingerprint density at radius 3 is 2.43 bits per heavy atom. The van der Waals surface area contributed by atoms with E-state index in [1.54, 1.807) is 17.8 Å². The van der Waals surface area contributed by atoms with Crippen molar-refractivity contribution >= 4 is 18.0 Å². The fraction of sp³-hybridized carbons (Fsp3) is 0.0556. The molecule has 0 unspecified atom stereocenters. The normalized spacial score (nSPS) is 10.5. The van der Waals surface area contributed by atoms with Gasteiger partial charge in [-0.3, -0.25) is 4.79 Å². The molecule has 1 aromatic heterocycles. The molecule has 2 aromatic carbocycles. The number of carbonyl (C=O) groups is 1. The zero-order chi connectivity index (χ0) is 14.7. The summed E-state index contributed by atoms with van der Waals surface area (Å²) >= 11 is 1.60. The van der Waals surface area contributed by atoms with Gasteiger partial charge < -0.3 is 4.42 Å². The Labute approximate surface area is 127 Å². The number of aldehydes is 1. The third-order valence-corrected chi connectivity index (χ3v) is 4.22. The molecule has 3 heteroatoms. The minimum Gasteiger partial charge on any atom is -0.452 e. The van der Waals surface area contributed by atoms with Crippen molar-refractivity contribution < 1.29 is 9.21 Å². The van der Waals surface area contributed by atoms with Crippen LogP contribution in [0.2, 0.25) is 0 Å². The first-order valence-electron chi connectivity index (χ1n) is 6.66. The third kappa shape index (κ3) is 2.93. The maximum atomic E-state index is 11.0. The number of hydrogen-bond donors (Lipinski definition) is 0. The molecule has 104 valence electrons. The van der Waals surface area contributed by atoms with E-state index in [-0.39, 0.29) is 0 Å². The highest BCUT2D eigenvalue weighted by Gasteiger charge is 2.15. The topological polar surface area (TPSA) is 30.2 Å². The molecule has 0 saturated carbocycles. The highest BCUT2D eigenvalue weighted by Crippen LogP contribution is 2.39. The minimum absolute atomic E-state index is 0.353. The van der Waals surface area contributed by atoms with Crippen molar-refractivity contribution in [1.29, 1.82) is 0 Å². The van der Waals surface area contributed by atoms with Crippen molar-refractivity contribution in [1.82, 2.24) is 0 Å². The van der Waals surface area contributed by atoms with Crippen molar-refractivity contribution in [3.63, 3.8) is 0 Å². The van der Waals surface area contributed by atoms with Crippen LogP contribution in [0.25, 0.3) is 11.3 Å². The van der Waals surface area contributed by atoms with Crippen LogP contribution in [0.5, 0.6) is 0 Å². The quantitative estimate of drug-likeness (QED) is 0.618. The van der Waals surface area contributed by atoms with Gasteiger partial charge in [-0.25, -0.2) is 0 Å². The Morgan fingerprint density at radius 1 is 1.00 bits per heavy atom. The predicted octanol–water partition coefficient (Wildman–Crippen LogP) is 5.22. The monoisotopic (exact) mass is 294 g/mol. The van der Waals surface area contributed by atoms with Crippen LogP contribution in [0, 0.1) is 6.92 Å². The summed E-state index contributed by atoms with van der Waals surface area (Å²) in [5.41, 5.74) is 2.14. The summed E-state index contributed by atoms with van der Waals surface area (Å²) < 4.78 is 5.71. The third-order valence-electron chi connectivity index (χ3n) is 3.19. The maximum absolute atomic E-state index is 11.0. The largest absolute Gasteiger partial charge is 0.452 e. The van der Waals surface area contributed by atoms with Gasteiger partial charge in [0.15, 0.2) is 12.0 Å². The lowest BCUT2D eigenvalue weighted by Gasteiger charge is -2.05. The highest BCUT2D eigenvalue weighted by molar-refractivity contribution is 7.99. The second-order valence-corrected chi connectivity index (χ2v) is 5.81. The van der Waals surface area contributed by atoms with Gasteiger partial charge in [0.05, 0.1) is 4.90 Å². The molecular formula is C18H14O2S. The molecule has 1 heterocycles. The molecule has 0 spiro atoms. The van der Waals surface area contributed by atoms with Crippen LogP contribution < -0.4 is 0 Å². The lowest BCUT2D eigenvalue weighted by molar-refractivity contribution is 0.110. The zero-order valence-corrected chi connectivity index (χ0v) is 12.4. The molecule has 0 aliphatic carbocycles. The van der Waals surface area contributed by atoms with Gasteiger partial charge in [-0.05, 0) is 24.6 Å². The van der Waals surface area contributed by atoms with Crippen molar-refractivity contribution in [2.24, 2.45) is 0 Å². The van der Waals surface area contributed by atoms with Gasteiger partial charge in [0.25, 0.3) is 0 Å². The lowest BCUT2D eigenvalue weighted by Crippen LogP contribution is -1.82. The van der Waals surface area contributed by atoms with Gasteiger partial charge in [0.2, 0.25) is 0 Å². The molecule has 0 aliphatic heterocycles. The molecule has 0 saturated heterocycles. The van der Waals surface area contributed by atoms with E-state index in [4.69, 9.17) is 4.42 Å². The number of hydrogen-bond acceptors (Lipinski definition) is 3. The number of benzene rings is 2. The summed E-state index contributed by atoms with van der Waals surface area (Å²) in [5, 5.41) is 0. The van der Waals surface area contributed by atoms with Crippen LogP contribution in [0.4, 0.5) is 0 Å². The molecule has 2 nitrogen and oxygen atoms in total. The Hall–Kier alpha value is -2.26. The molecule has 3 aromatic rings. The van der Waals surface area contributed by atoms with Gasteiger partial charge in [0.1, 0.15) is 5.76 Å². The first-order valence-corrected chi connectivity index (χ1v) is 7.47. The van der Waals surface area contributed by atoms with Crippen LogP contribution >= 0.6 is 11.8 Å². The van der Waals surface area contributed by atoms with Crippen LogP contribution in [0.3, 0.4) is 0 Å². The summed E-state index contributed by atoms with van der Waals surface area (Å²) in [6, 6.07) is 19.9. The number of aryl methyl sites for hydroxylation is 1. The van der Waals surface area contributed by atoms with E-state index in [0.717, 1.165) is 33.0 Å². The number of furan rings is 1. The average Bonchev–Trinajstić information content (AvgIpc) is 2.92.